The molecular formula is C17H31IN4. The molecule has 1 aromatic rings. The molecule has 0 spiro atoms. The first-order chi connectivity index (χ1) is 10.0. The molecule has 1 aromatic carbocycles. The highest BCUT2D eigenvalue weighted by Crippen LogP contribution is 2.11. The monoisotopic (exact) mass is 418 g/mol. The molecule has 22 heavy (non-hydrogen) atoms. The van der Waals surface area contributed by atoms with E-state index in [9.17, 15) is 0 Å². The van der Waals surface area contributed by atoms with Crippen molar-refractivity contribution >= 4 is 29.9 Å². The molecule has 0 bridgehead atoms. The highest BCUT2D eigenvalue weighted by Gasteiger charge is 2.00. The number of nitrogens with zero attached hydrogens (tertiary/aromatic N) is 2. The lowest BCUT2D eigenvalue weighted by Crippen LogP contribution is -2.38. The van der Waals surface area contributed by atoms with Gasteiger partial charge in [-0.05, 0) is 59.0 Å². The first-order valence-electron chi connectivity index (χ1n) is 7.76. The van der Waals surface area contributed by atoms with Crippen LogP contribution in [0.2, 0.25) is 0 Å². The Morgan fingerprint density at radius 2 is 1.91 bits per heavy atom. The number of rotatable bonds is 7. The van der Waals surface area contributed by atoms with Crippen LogP contribution in [0.1, 0.15) is 30.0 Å². The predicted octanol–water partition coefficient (Wildman–Crippen LogP) is 2.93. The minimum Gasteiger partial charge on any atom is -0.357 e. The molecule has 0 aliphatic rings. The molecule has 2 N–H and O–H groups in total. The summed E-state index contributed by atoms with van der Waals surface area (Å²) in [6.07, 6.45) is 1.11. The summed E-state index contributed by atoms with van der Waals surface area (Å²) in [7, 11) is 4.19. The summed E-state index contributed by atoms with van der Waals surface area (Å²) in [4.78, 5) is 6.87. The molecule has 0 amide bonds. The molecule has 0 aliphatic carbocycles. The van der Waals surface area contributed by atoms with Crippen molar-refractivity contribution in [3.05, 3.63) is 34.9 Å². The molecule has 0 saturated carbocycles. The third-order valence-electron chi connectivity index (χ3n) is 3.32. The summed E-state index contributed by atoms with van der Waals surface area (Å²) in [5.41, 5.74) is 3.89. The van der Waals surface area contributed by atoms with Gasteiger partial charge in [-0.15, -0.1) is 24.0 Å². The van der Waals surface area contributed by atoms with E-state index in [2.05, 4.69) is 73.6 Å². The van der Waals surface area contributed by atoms with Crippen molar-refractivity contribution in [1.29, 1.82) is 0 Å². The van der Waals surface area contributed by atoms with E-state index in [0.717, 1.165) is 38.6 Å². The maximum atomic E-state index is 4.67. The molecule has 0 aromatic heterocycles. The van der Waals surface area contributed by atoms with Crippen molar-refractivity contribution in [3.8, 4) is 0 Å². The van der Waals surface area contributed by atoms with Crippen molar-refractivity contribution in [2.75, 3.05) is 33.7 Å². The minimum absolute atomic E-state index is 0. The van der Waals surface area contributed by atoms with Crippen LogP contribution in [0.4, 0.5) is 0 Å². The Morgan fingerprint density at radius 3 is 2.50 bits per heavy atom. The van der Waals surface area contributed by atoms with Crippen LogP contribution in [0.25, 0.3) is 0 Å². The number of aliphatic imine (C=N–C) groups is 1. The van der Waals surface area contributed by atoms with Gasteiger partial charge in [-0.25, -0.2) is 4.99 Å². The Hall–Kier alpha value is -0.820. The average molecular weight is 418 g/mol. The molecule has 0 saturated heterocycles. The van der Waals surface area contributed by atoms with Crippen LogP contribution in [-0.2, 0) is 6.54 Å². The van der Waals surface area contributed by atoms with Gasteiger partial charge in [0.05, 0.1) is 6.54 Å². The molecular weight excluding hydrogens is 387 g/mol. The molecule has 126 valence electrons. The van der Waals surface area contributed by atoms with Gasteiger partial charge in [-0.1, -0.05) is 23.8 Å². The maximum absolute atomic E-state index is 4.67. The summed E-state index contributed by atoms with van der Waals surface area (Å²) in [6.45, 7) is 9.99. The number of benzene rings is 1. The highest BCUT2D eigenvalue weighted by molar-refractivity contribution is 14.0. The maximum Gasteiger partial charge on any atom is 0.191 e. The summed E-state index contributed by atoms with van der Waals surface area (Å²) < 4.78 is 0. The van der Waals surface area contributed by atoms with E-state index >= 15 is 0 Å². The second kappa shape index (κ2) is 11.7. The Morgan fingerprint density at radius 1 is 1.18 bits per heavy atom. The van der Waals surface area contributed by atoms with Gasteiger partial charge >= 0.3 is 0 Å². The zero-order valence-corrected chi connectivity index (χ0v) is 16.9. The number of guanidine groups is 1. The zero-order valence-electron chi connectivity index (χ0n) is 14.6. The molecule has 1 rings (SSSR count). The summed E-state index contributed by atoms with van der Waals surface area (Å²) in [6, 6.07) is 6.53. The zero-order chi connectivity index (χ0) is 15.7. The fourth-order valence-corrected chi connectivity index (χ4v) is 2.13. The Balaban J connectivity index is 0.00000441. The lowest BCUT2D eigenvalue weighted by atomic mass is 10.1. The van der Waals surface area contributed by atoms with Crippen LogP contribution in [0.3, 0.4) is 0 Å². The summed E-state index contributed by atoms with van der Waals surface area (Å²) >= 11 is 0. The van der Waals surface area contributed by atoms with Crippen molar-refractivity contribution in [1.82, 2.24) is 15.5 Å². The van der Waals surface area contributed by atoms with Crippen molar-refractivity contribution in [3.63, 3.8) is 0 Å². The molecule has 5 heteroatoms. The van der Waals surface area contributed by atoms with Gasteiger partial charge in [-0.3, -0.25) is 0 Å². The SMILES string of the molecule is CCNC(=NCc1ccc(C)cc1C)NCCCN(C)C.I. The van der Waals surface area contributed by atoms with Gasteiger partial charge in [0.25, 0.3) is 0 Å². The van der Waals surface area contributed by atoms with Crippen LogP contribution in [-0.4, -0.2) is 44.6 Å². The van der Waals surface area contributed by atoms with E-state index in [0.29, 0.717) is 0 Å². The van der Waals surface area contributed by atoms with Crippen LogP contribution >= 0.6 is 24.0 Å². The number of nitrogens with one attached hydrogen (secondary N) is 2. The Bertz CT molecular complexity index is 458. The van der Waals surface area contributed by atoms with Crippen LogP contribution in [0, 0.1) is 13.8 Å². The molecule has 0 fully saturated rings. The third-order valence-corrected chi connectivity index (χ3v) is 3.32. The normalized spacial score (nSPS) is 11.3. The third kappa shape index (κ3) is 8.58. The van der Waals surface area contributed by atoms with Crippen molar-refractivity contribution in [2.45, 2.75) is 33.7 Å². The van der Waals surface area contributed by atoms with E-state index in [1.54, 1.807) is 0 Å². The lowest BCUT2D eigenvalue weighted by molar-refractivity contribution is 0.399. The van der Waals surface area contributed by atoms with Crippen molar-refractivity contribution < 1.29 is 0 Å². The highest BCUT2D eigenvalue weighted by atomic mass is 127. The van der Waals surface area contributed by atoms with Gasteiger partial charge in [-0.2, -0.15) is 0 Å². The molecule has 0 atom stereocenters. The average Bonchev–Trinajstić information content (AvgIpc) is 2.42. The largest absolute Gasteiger partial charge is 0.357 e. The van der Waals surface area contributed by atoms with E-state index in [-0.39, 0.29) is 24.0 Å². The van der Waals surface area contributed by atoms with E-state index < -0.39 is 0 Å². The van der Waals surface area contributed by atoms with E-state index in [1.807, 2.05) is 0 Å². The van der Waals surface area contributed by atoms with Gasteiger partial charge in [0, 0.05) is 13.1 Å². The van der Waals surface area contributed by atoms with E-state index in [4.69, 9.17) is 0 Å². The summed E-state index contributed by atoms with van der Waals surface area (Å²) in [5, 5.41) is 6.69. The first-order valence-corrected chi connectivity index (χ1v) is 7.76. The van der Waals surface area contributed by atoms with Gasteiger partial charge in [0.15, 0.2) is 5.96 Å². The molecule has 0 heterocycles. The fraction of sp³-hybridized carbons (Fsp3) is 0.588. The molecule has 0 radical (unpaired) electrons. The topological polar surface area (TPSA) is 39.7 Å². The predicted molar refractivity (Wildman–Crippen MR) is 107 cm³/mol. The lowest BCUT2D eigenvalue weighted by Gasteiger charge is -2.13. The second-order valence-electron chi connectivity index (χ2n) is 5.71. The van der Waals surface area contributed by atoms with Crippen molar-refractivity contribution in [2.24, 2.45) is 4.99 Å². The number of halogens is 1. The quantitative estimate of drug-likeness (QED) is 0.310. The van der Waals surface area contributed by atoms with Crippen LogP contribution in [0.15, 0.2) is 23.2 Å². The standard InChI is InChI=1S/C17H30N4.HI/c1-6-18-17(19-10-7-11-21(4)5)20-13-16-9-8-14(2)12-15(16)3;/h8-9,12H,6-7,10-11,13H2,1-5H3,(H2,18,19,20);1H. The van der Waals surface area contributed by atoms with Crippen LogP contribution in [0.5, 0.6) is 0 Å². The van der Waals surface area contributed by atoms with Gasteiger partial charge in [0.2, 0.25) is 0 Å². The number of hydrogen-bond acceptors (Lipinski definition) is 2. The Labute approximate surface area is 152 Å². The molecule has 0 unspecified atom stereocenters. The Kier molecular flexibility index (Phi) is 11.3. The molecule has 0 aliphatic heterocycles. The number of aryl methyl sites for hydroxylation is 2. The minimum atomic E-state index is 0. The van der Waals surface area contributed by atoms with Crippen LogP contribution < -0.4 is 10.6 Å². The van der Waals surface area contributed by atoms with Gasteiger partial charge in [0.1, 0.15) is 0 Å². The molecule has 4 nitrogen and oxygen atoms in total. The summed E-state index contributed by atoms with van der Waals surface area (Å²) in [5.74, 6) is 0.899. The second-order valence-corrected chi connectivity index (χ2v) is 5.71. The fourth-order valence-electron chi connectivity index (χ4n) is 2.13. The van der Waals surface area contributed by atoms with E-state index in [1.165, 1.54) is 16.7 Å². The smallest absolute Gasteiger partial charge is 0.191 e. The van der Waals surface area contributed by atoms with Gasteiger partial charge < -0.3 is 15.5 Å². The first kappa shape index (κ1) is 21.2. The number of hydrogen-bond donors (Lipinski definition) is 2.